The van der Waals surface area contributed by atoms with Gasteiger partial charge in [-0.05, 0) is 38.5 Å². The number of ether oxygens (including phenoxy) is 1. The predicted molar refractivity (Wildman–Crippen MR) is 90.7 cm³/mol. The van der Waals surface area contributed by atoms with Crippen LogP contribution in [0.4, 0.5) is 13.2 Å². The van der Waals surface area contributed by atoms with E-state index in [-0.39, 0.29) is 17.9 Å². The number of aryl methyl sites for hydroxylation is 1. The molecule has 6 nitrogen and oxygen atoms in total. The van der Waals surface area contributed by atoms with Crippen molar-refractivity contribution < 1.29 is 27.8 Å². The average Bonchev–Trinajstić information content (AvgIpc) is 2.50. The quantitative estimate of drug-likeness (QED) is 0.747. The Morgan fingerprint density at radius 2 is 1.85 bits per heavy atom. The third kappa shape index (κ3) is 5.92. The minimum atomic E-state index is -4.81. The summed E-state index contributed by atoms with van der Waals surface area (Å²) in [5.41, 5.74) is -1.41. The number of aromatic nitrogens is 2. The van der Waals surface area contributed by atoms with Crippen molar-refractivity contribution in [2.45, 2.75) is 45.1 Å². The highest BCUT2D eigenvalue weighted by Crippen LogP contribution is 2.34. The molecule has 27 heavy (non-hydrogen) atoms. The number of carbonyl (C=O) groups excluding carboxylic acids is 1. The van der Waals surface area contributed by atoms with Gasteiger partial charge in [-0.3, -0.25) is 9.59 Å². The molecule has 1 aromatic carbocycles. The number of nitrogens with zero attached hydrogens (tertiary/aromatic N) is 1. The first kappa shape index (κ1) is 20.6. The van der Waals surface area contributed by atoms with E-state index in [1.54, 1.807) is 0 Å². The Balaban J connectivity index is 2.28. The number of nitrogens with one attached hydrogen (secondary N) is 1. The molecule has 0 amide bonds. The fourth-order valence-corrected chi connectivity index (χ4v) is 2.69. The van der Waals surface area contributed by atoms with Gasteiger partial charge >= 0.3 is 6.36 Å². The van der Waals surface area contributed by atoms with Crippen molar-refractivity contribution in [2.75, 3.05) is 0 Å². The lowest BCUT2D eigenvalue weighted by molar-refractivity contribution is -0.274. The normalized spacial score (nSPS) is 13.3. The number of ketones is 1. The number of carbonyl (C=O) groups is 1. The fraction of sp³-hybridized carbons (Fsp3) is 0.389. The number of hydrogen-bond acceptors (Lipinski definition) is 5. The molecule has 2 rings (SSSR count). The molecule has 146 valence electrons. The van der Waals surface area contributed by atoms with Gasteiger partial charge in [0.1, 0.15) is 17.3 Å². The summed E-state index contributed by atoms with van der Waals surface area (Å²) in [6, 6.07) is 6.00. The Morgan fingerprint density at radius 1 is 1.26 bits per heavy atom. The number of rotatable bonds is 6. The Morgan fingerprint density at radius 3 is 2.33 bits per heavy atom. The molecule has 0 bridgehead atoms. The van der Waals surface area contributed by atoms with Crippen LogP contribution >= 0.6 is 0 Å². The van der Waals surface area contributed by atoms with Gasteiger partial charge in [0.25, 0.3) is 5.56 Å². The zero-order valence-corrected chi connectivity index (χ0v) is 14.9. The molecule has 0 saturated carbocycles. The van der Waals surface area contributed by atoms with Gasteiger partial charge in [0.15, 0.2) is 5.78 Å². The Hall–Kier alpha value is -2.68. The van der Waals surface area contributed by atoms with E-state index >= 15 is 0 Å². The van der Waals surface area contributed by atoms with Crippen molar-refractivity contribution in [1.82, 2.24) is 9.97 Å². The number of benzene rings is 1. The zero-order chi connectivity index (χ0) is 20.4. The Labute approximate surface area is 153 Å². The summed E-state index contributed by atoms with van der Waals surface area (Å²) in [7, 11) is 0. The summed E-state index contributed by atoms with van der Waals surface area (Å²) in [6.45, 7) is 4.51. The second kappa shape index (κ2) is 7.51. The number of Topliss-reactive ketones (excluding diaryl/α,β-unsaturated/α-hetero) is 1. The first-order chi connectivity index (χ1) is 12.3. The van der Waals surface area contributed by atoms with Gasteiger partial charge in [-0.25, -0.2) is 4.98 Å². The van der Waals surface area contributed by atoms with Crippen LogP contribution in [0.1, 0.15) is 48.1 Å². The van der Waals surface area contributed by atoms with E-state index in [9.17, 15) is 27.9 Å². The fourth-order valence-electron chi connectivity index (χ4n) is 2.69. The standard InChI is InChI=1S/C18H19F3N2O4/c1-10-22-14(9-16(25)23-10)15(24)8-13(17(2,3)26)11-4-6-12(7-5-11)27-18(19,20)21/h4-7,9,13,26H,8H2,1-3H3,(H,22,23,25)/t13-/m0/s1. The maximum Gasteiger partial charge on any atom is 0.573 e. The van der Waals surface area contributed by atoms with Crippen molar-refractivity contribution in [2.24, 2.45) is 0 Å². The molecule has 2 aromatic rings. The van der Waals surface area contributed by atoms with E-state index in [2.05, 4.69) is 14.7 Å². The second-order valence-corrected chi connectivity index (χ2v) is 6.67. The smallest absolute Gasteiger partial charge is 0.406 e. The zero-order valence-electron chi connectivity index (χ0n) is 14.9. The number of aromatic amines is 1. The van der Waals surface area contributed by atoms with Gasteiger partial charge in [0.2, 0.25) is 0 Å². The van der Waals surface area contributed by atoms with Gasteiger partial charge in [-0.1, -0.05) is 12.1 Å². The Bertz CT molecular complexity index is 868. The minimum Gasteiger partial charge on any atom is -0.406 e. The third-order valence-electron chi connectivity index (χ3n) is 3.90. The molecule has 2 N–H and O–H groups in total. The number of aliphatic hydroxyl groups is 1. The summed E-state index contributed by atoms with van der Waals surface area (Å²) in [6.07, 6.45) is -4.99. The minimum absolute atomic E-state index is 0.0393. The van der Waals surface area contributed by atoms with Gasteiger partial charge < -0.3 is 14.8 Å². The van der Waals surface area contributed by atoms with Crippen molar-refractivity contribution in [3.8, 4) is 5.75 Å². The van der Waals surface area contributed by atoms with E-state index < -0.39 is 35.0 Å². The highest BCUT2D eigenvalue weighted by Gasteiger charge is 2.33. The van der Waals surface area contributed by atoms with E-state index in [1.807, 2.05) is 0 Å². The molecule has 0 saturated heterocycles. The van der Waals surface area contributed by atoms with Gasteiger partial charge in [-0.2, -0.15) is 0 Å². The van der Waals surface area contributed by atoms with E-state index in [4.69, 9.17) is 0 Å². The highest BCUT2D eigenvalue weighted by atomic mass is 19.4. The molecule has 0 spiro atoms. The number of alkyl halides is 3. The number of hydrogen-bond donors (Lipinski definition) is 2. The lowest BCUT2D eigenvalue weighted by atomic mass is 9.80. The van der Waals surface area contributed by atoms with Crippen LogP contribution in [-0.2, 0) is 0 Å². The number of H-pyrrole nitrogens is 1. The third-order valence-corrected chi connectivity index (χ3v) is 3.90. The monoisotopic (exact) mass is 384 g/mol. The van der Waals surface area contributed by atoms with Crippen LogP contribution in [-0.4, -0.2) is 32.8 Å². The van der Waals surface area contributed by atoms with Crippen molar-refractivity contribution in [1.29, 1.82) is 0 Å². The lowest BCUT2D eigenvalue weighted by Crippen LogP contribution is -2.31. The average molecular weight is 384 g/mol. The molecule has 0 unspecified atom stereocenters. The molecule has 0 fully saturated rings. The summed E-state index contributed by atoms with van der Waals surface area (Å²) < 4.78 is 40.6. The number of halogens is 3. The van der Waals surface area contributed by atoms with Crippen LogP contribution in [0.3, 0.4) is 0 Å². The van der Waals surface area contributed by atoms with E-state index in [1.165, 1.54) is 32.9 Å². The van der Waals surface area contributed by atoms with Crippen LogP contribution in [0.25, 0.3) is 0 Å². The maximum absolute atomic E-state index is 12.5. The summed E-state index contributed by atoms with van der Waals surface area (Å²) >= 11 is 0. The maximum atomic E-state index is 12.5. The SMILES string of the molecule is Cc1nc(C(=O)C[C@@H](c2ccc(OC(F)(F)F)cc2)C(C)(C)O)cc(=O)[nH]1. The summed E-state index contributed by atoms with van der Waals surface area (Å²) in [4.78, 5) is 30.5. The molecule has 0 aliphatic heterocycles. The van der Waals surface area contributed by atoms with Crippen molar-refractivity contribution in [3.63, 3.8) is 0 Å². The Kier molecular flexibility index (Phi) is 5.74. The molecule has 0 radical (unpaired) electrons. The van der Waals surface area contributed by atoms with Crippen molar-refractivity contribution in [3.05, 3.63) is 57.8 Å². The van der Waals surface area contributed by atoms with Crippen LogP contribution in [0.2, 0.25) is 0 Å². The lowest BCUT2D eigenvalue weighted by Gasteiger charge is -2.29. The molecule has 1 atom stereocenters. The highest BCUT2D eigenvalue weighted by molar-refractivity contribution is 5.94. The second-order valence-electron chi connectivity index (χ2n) is 6.67. The topological polar surface area (TPSA) is 92.3 Å². The predicted octanol–water partition coefficient (Wildman–Crippen LogP) is 3.10. The van der Waals surface area contributed by atoms with Crippen LogP contribution in [0.5, 0.6) is 5.75 Å². The molecule has 9 heteroatoms. The summed E-state index contributed by atoms with van der Waals surface area (Å²) in [5.74, 6) is -1.32. The van der Waals surface area contributed by atoms with Gasteiger partial charge in [0.05, 0.1) is 5.60 Å². The van der Waals surface area contributed by atoms with Crippen molar-refractivity contribution >= 4 is 5.78 Å². The molecule has 0 aliphatic rings. The van der Waals surface area contributed by atoms with Crippen LogP contribution < -0.4 is 10.3 Å². The summed E-state index contributed by atoms with van der Waals surface area (Å²) in [5, 5.41) is 10.4. The van der Waals surface area contributed by atoms with E-state index in [0.717, 1.165) is 18.2 Å². The van der Waals surface area contributed by atoms with Gasteiger partial charge in [-0.15, -0.1) is 13.2 Å². The largest absolute Gasteiger partial charge is 0.573 e. The molecular weight excluding hydrogens is 365 g/mol. The van der Waals surface area contributed by atoms with E-state index in [0.29, 0.717) is 5.56 Å². The van der Waals surface area contributed by atoms with Crippen LogP contribution in [0.15, 0.2) is 35.1 Å². The molecule has 1 aromatic heterocycles. The van der Waals surface area contributed by atoms with Crippen LogP contribution in [0, 0.1) is 6.92 Å². The first-order valence-corrected chi connectivity index (χ1v) is 8.04. The molecule has 1 heterocycles. The molecule has 0 aliphatic carbocycles. The van der Waals surface area contributed by atoms with Gasteiger partial charge in [0, 0.05) is 18.4 Å². The molecular formula is C18H19F3N2O4. The first-order valence-electron chi connectivity index (χ1n) is 8.04.